The Hall–Kier alpha value is -1.81. The van der Waals surface area contributed by atoms with E-state index in [-0.39, 0.29) is 24.4 Å². The number of rotatable bonds is 11. The van der Waals surface area contributed by atoms with Gasteiger partial charge in [0, 0.05) is 28.6 Å². The zero-order valence-electron chi connectivity index (χ0n) is 24.7. The van der Waals surface area contributed by atoms with E-state index in [4.69, 9.17) is 23.0 Å². The number of halogens is 1. The Morgan fingerprint density at radius 1 is 1.00 bits per heavy atom. The number of pyridine rings is 1. The average molecular weight is 550 g/mol. The Morgan fingerprint density at radius 3 is 2.24 bits per heavy atom. The van der Waals surface area contributed by atoms with Gasteiger partial charge in [-0.05, 0) is 75.9 Å². The fourth-order valence-corrected chi connectivity index (χ4v) is 4.84. The summed E-state index contributed by atoms with van der Waals surface area (Å²) in [6.07, 6.45) is 8.78. The molecule has 212 valence electrons. The van der Waals surface area contributed by atoms with E-state index in [1.54, 1.807) is 7.11 Å². The highest BCUT2D eigenvalue weighted by molar-refractivity contribution is 8.29. The number of nitrogens with zero attached hydrogens (tertiary/aromatic N) is 1. The van der Waals surface area contributed by atoms with Gasteiger partial charge in [-0.3, -0.25) is 4.98 Å². The lowest BCUT2D eigenvalue weighted by molar-refractivity contribution is 0.00578. The van der Waals surface area contributed by atoms with Crippen LogP contribution in [-0.4, -0.2) is 67.6 Å². The highest BCUT2D eigenvalue weighted by atomic mass is 32.3. The molecular weight excluding hydrogens is 504 g/mol. The molecule has 1 atom stereocenters. The maximum atomic E-state index is 12.8. The fraction of sp³-hybridized carbons (Fsp3) is 0.621. The lowest BCUT2D eigenvalue weighted by Crippen LogP contribution is -2.41. The van der Waals surface area contributed by atoms with Crippen LogP contribution in [0, 0.1) is 0 Å². The Kier molecular flexibility index (Phi) is 9.50. The van der Waals surface area contributed by atoms with Gasteiger partial charge in [-0.15, -0.1) is 10.3 Å². The summed E-state index contributed by atoms with van der Waals surface area (Å²) < 4.78 is 43.1. The zero-order chi connectivity index (χ0) is 28.4. The van der Waals surface area contributed by atoms with E-state index in [9.17, 15) is 4.39 Å². The summed E-state index contributed by atoms with van der Waals surface area (Å²) in [5.41, 5.74) is 2.07. The third kappa shape index (κ3) is 7.03. The Bertz CT molecular complexity index is 1070. The first kappa shape index (κ1) is 30.7. The molecular formula is C29H45BFNO5S. The van der Waals surface area contributed by atoms with Crippen molar-refractivity contribution in [1.29, 1.82) is 0 Å². The lowest BCUT2D eigenvalue weighted by Gasteiger charge is -2.44. The maximum absolute atomic E-state index is 12.8. The number of benzene rings is 1. The molecule has 1 aromatic carbocycles. The van der Waals surface area contributed by atoms with Gasteiger partial charge in [0.1, 0.15) is 13.3 Å². The molecule has 1 unspecified atom stereocenters. The second-order valence-electron chi connectivity index (χ2n) is 12.2. The first-order valence-corrected chi connectivity index (χ1v) is 15.5. The Labute approximate surface area is 230 Å². The lowest BCUT2D eigenvalue weighted by atomic mass is 9.75. The predicted octanol–water partition coefficient (Wildman–Crippen LogP) is 7.08. The van der Waals surface area contributed by atoms with Crippen LogP contribution in [-0.2, 0) is 13.5 Å². The maximum Gasteiger partial charge on any atom is 0.458 e. The number of ether oxygens (including phenoxy) is 2. The van der Waals surface area contributed by atoms with E-state index in [0.717, 1.165) is 16.7 Å². The second-order valence-corrected chi connectivity index (χ2v) is 16.1. The molecule has 0 spiro atoms. The van der Waals surface area contributed by atoms with E-state index in [1.807, 2.05) is 30.6 Å². The monoisotopic (exact) mass is 549 g/mol. The molecule has 0 radical (unpaired) electrons. The quantitative estimate of drug-likeness (QED) is 0.279. The van der Waals surface area contributed by atoms with Gasteiger partial charge in [0.2, 0.25) is 0 Å². The van der Waals surface area contributed by atoms with Crippen LogP contribution in [0.2, 0.25) is 6.32 Å². The topological polar surface area (TPSA) is 59.0 Å². The molecule has 1 aliphatic heterocycles. The van der Waals surface area contributed by atoms with E-state index in [1.165, 1.54) is 0 Å². The minimum atomic E-state index is -1.33. The predicted molar refractivity (Wildman–Crippen MR) is 156 cm³/mol. The number of hydrogen-bond donors (Lipinski definition) is 0. The van der Waals surface area contributed by atoms with Gasteiger partial charge in [0.05, 0.1) is 24.9 Å². The molecule has 1 saturated heterocycles. The molecule has 6 nitrogen and oxygen atoms in total. The van der Waals surface area contributed by atoms with Gasteiger partial charge in [0.25, 0.3) is 0 Å². The van der Waals surface area contributed by atoms with Crippen LogP contribution < -0.4 is 9.47 Å². The SMILES string of the molecule is COc1ccc(-c2cncc(C(COS(C)(C)C(C)(C)C)CB3OC(C)(C)C(C)(C)O3)c2)cc1OCCF. The molecule has 0 N–H and O–H groups in total. The van der Waals surface area contributed by atoms with E-state index in [0.29, 0.717) is 24.4 Å². The van der Waals surface area contributed by atoms with Crippen molar-refractivity contribution in [2.45, 2.75) is 76.7 Å². The normalized spacial score (nSPS) is 18.3. The molecule has 2 heterocycles. The molecule has 1 fully saturated rings. The Balaban J connectivity index is 1.93. The van der Waals surface area contributed by atoms with Crippen molar-refractivity contribution in [3.63, 3.8) is 0 Å². The molecule has 0 amide bonds. The summed E-state index contributed by atoms with van der Waals surface area (Å²) in [5, 5.41) is 0. The van der Waals surface area contributed by atoms with Crippen LogP contribution in [0.25, 0.3) is 11.1 Å². The van der Waals surface area contributed by atoms with Gasteiger partial charge < -0.3 is 23.0 Å². The highest BCUT2D eigenvalue weighted by Gasteiger charge is 2.51. The summed E-state index contributed by atoms with van der Waals surface area (Å²) in [6, 6.07) is 7.78. The number of hydrogen-bond acceptors (Lipinski definition) is 6. The van der Waals surface area contributed by atoms with E-state index < -0.39 is 28.2 Å². The molecule has 3 rings (SSSR count). The molecule has 0 aliphatic carbocycles. The second kappa shape index (κ2) is 11.7. The van der Waals surface area contributed by atoms with Crippen molar-refractivity contribution >= 4 is 17.4 Å². The van der Waals surface area contributed by atoms with Gasteiger partial charge in [-0.2, -0.15) is 0 Å². The average Bonchev–Trinajstić information content (AvgIpc) is 3.05. The zero-order valence-corrected chi connectivity index (χ0v) is 25.5. The summed E-state index contributed by atoms with van der Waals surface area (Å²) in [7, 11) is -0.112. The van der Waals surface area contributed by atoms with Crippen LogP contribution in [0.5, 0.6) is 11.5 Å². The Morgan fingerprint density at radius 2 is 1.66 bits per heavy atom. The summed E-state index contributed by atoms with van der Waals surface area (Å²) in [4.78, 5) is 4.58. The highest BCUT2D eigenvalue weighted by Crippen LogP contribution is 2.54. The first-order chi connectivity index (χ1) is 17.6. The molecule has 9 heteroatoms. The van der Waals surface area contributed by atoms with Crippen LogP contribution in [0.15, 0.2) is 36.7 Å². The molecule has 2 aromatic rings. The van der Waals surface area contributed by atoms with E-state index in [2.05, 4.69) is 72.0 Å². The van der Waals surface area contributed by atoms with Gasteiger partial charge in [0.15, 0.2) is 11.5 Å². The summed E-state index contributed by atoms with van der Waals surface area (Å²) in [5.74, 6) is 1.07. The molecule has 1 aromatic heterocycles. The van der Waals surface area contributed by atoms with Crippen molar-refractivity contribution in [2.24, 2.45) is 0 Å². The van der Waals surface area contributed by atoms with Crippen molar-refractivity contribution in [3.8, 4) is 22.6 Å². The molecule has 38 heavy (non-hydrogen) atoms. The van der Waals surface area contributed by atoms with Crippen molar-refractivity contribution in [2.75, 3.05) is 39.5 Å². The van der Waals surface area contributed by atoms with Crippen LogP contribution in [0.4, 0.5) is 4.39 Å². The van der Waals surface area contributed by atoms with E-state index >= 15 is 0 Å². The minimum Gasteiger partial charge on any atom is -0.493 e. The van der Waals surface area contributed by atoms with Gasteiger partial charge in [-0.1, -0.05) is 26.8 Å². The van der Waals surface area contributed by atoms with Crippen LogP contribution in [0.3, 0.4) is 0 Å². The van der Waals surface area contributed by atoms with Crippen LogP contribution in [0.1, 0.15) is 59.9 Å². The smallest absolute Gasteiger partial charge is 0.458 e. The standard InChI is InChI=1S/C29H45BFNO5S/c1-27(2,3)38(9,10)35-20-24(17-30-36-28(4,5)29(6,7)37-30)23-15-22(18-32-19-23)21-11-12-25(33-8)26(16-21)34-14-13-31/h11-12,15-16,18-19,24H,13-14,17,20H2,1-10H3. The van der Waals surface area contributed by atoms with Crippen LogP contribution >= 0.6 is 10.3 Å². The molecule has 1 aliphatic rings. The number of methoxy groups -OCH3 is 1. The van der Waals surface area contributed by atoms with Crippen molar-refractivity contribution in [3.05, 3.63) is 42.2 Å². The third-order valence-corrected chi connectivity index (χ3v) is 11.6. The van der Waals surface area contributed by atoms with Crippen molar-refractivity contribution in [1.82, 2.24) is 4.98 Å². The van der Waals surface area contributed by atoms with Crippen molar-refractivity contribution < 1.29 is 27.4 Å². The van der Waals surface area contributed by atoms with Gasteiger partial charge in [-0.25, -0.2) is 4.39 Å². The fourth-order valence-electron chi connectivity index (χ4n) is 3.98. The third-order valence-electron chi connectivity index (χ3n) is 7.88. The van der Waals surface area contributed by atoms with Gasteiger partial charge >= 0.3 is 7.12 Å². The summed E-state index contributed by atoms with van der Waals surface area (Å²) >= 11 is 0. The molecule has 0 saturated carbocycles. The summed E-state index contributed by atoms with van der Waals surface area (Å²) in [6.45, 7) is 14.9. The number of alkyl halides is 1. The first-order valence-electron chi connectivity index (χ1n) is 13.2. The largest absolute Gasteiger partial charge is 0.493 e. The molecule has 0 bridgehead atoms. The number of aromatic nitrogens is 1. The minimum absolute atomic E-state index is 0.00628.